The summed E-state index contributed by atoms with van der Waals surface area (Å²) in [7, 11) is -6.90. The first-order valence-corrected chi connectivity index (χ1v) is 13.5. The van der Waals surface area contributed by atoms with Crippen molar-refractivity contribution in [3.63, 3.8) is 0 Å². The lowest BCUT2D eigenvalue weighted by molar-refractivity contribution is -0.120. The number of hydrogen-bond donors (Lipinski definition) is 2. The minimum Gasteiger partial charge on any atom is -0.353 e. The highest BCUT2D eigenvalue weighted by Gasteiger charge is 2.33. The van der Waals surface area contributed by atoms with E-state index in [0.29, 0.717) is 19.3 Å². The van der Waals surface area contributed by atoms with Gasteiger partial charge in [0.25, 0.3) is 0 Å². The van der Waals surface area contributed by atoms with Crippen LogP contribution in [0, 0.1) is 0 Å². The van der Waals surface area contributed by atoms with Crippen LogP contribution in [0.15, 0.2) is 0 Å². The zero-order valence-electron chi connectivity index (χ0n) is 17.7. The molecule has 1 rings (SSSR count). The average Bonchev–Trinajstić information content (AvgIpc) is 3.01. The van der Waals surface area contributed by atoms with E-state index >= 15 is 0 Å². The molecule has 0 aromatic rings. The third-order valence-electron chi connectivity index (χ3n) is 4.14. The van der Waals surface area contributed by atoms with Crippen molar-refractivity contribution in [2.75, 3.05) is 38.8 Å². The number of carbonyl (C=O) groups is 2. The van der Waals surface area contributed by atoms with Gasteiger partial charge in [0.15, 0.2) is 0 Å². The summed E-state index contributed by atoms with van der Waals surface area (Å²) < 4.78 is 45.4. The molecule has 0 heterocycles. The van der Waals surface area contributed by atoms with Crippen LogP contribution in [0.3, 0.4) is 0 Å². The third-order valence-corrected chi connectivity index (χ3v) is 8.10. The van der Waals surface area contributed by atoms with Crippen molar-refractivity contribution < 1.29 is 36.8 Å². The smallest absolute Gasteiger partial charge is 0.340 e. The Labute approximate surface area is 172 Å². The van der Waals surface area contributed by atoms with Gasteiger partial charge >= 0.3 is 15.2 Å². The Kier molecular flexibility index (Phi) is 11.6. The Balaban J connectivity index is 2.49. The molecule has 170 valence electrons. The van der Waals surface area contributed by atoms with Gasteiger partial charge in [0.05, 0.1) is 26.4 Å². The summed E-state index contributed by atoms with van der Waals surface area (Å²) in [5, 5.41) is 5.63. The summed E-state index contributed by atoms with van der Waals surface area (Å²) in [4.78, 5) is 24.4. The molecule has 0 bridgehead atoms. The van der Waals surface area contributed by atoms with Crippen molar-refractivity contribution in [1.82, 2.24) is 10.6 Å². The van der Waals surface area contributed by atoms with Gasteiger partial charge < -0.3 is 28.7 Å². The molecule has 1 aliphatic carbocycles. The molecule has 0 aromatic heterocycles. The molecule has 0 saturated heterocycles. The van der Waals surface area contributed by atoms with Gasteiger partial charge in [-0.15, -0.1) is 0 Å². The van der Waals surface area contributed by atoms with Crippen molar-refractivity contribution in [1.29, 1.82) is 0 Å². The van der Waals surface area contributed by atoms with Crippen LogP contribution in [0.4, 0.5) is 0 Å². The fraction of sp³-hybridized carbons (Fsp3) is 0.882. The second-order valence-electron chi connectivity index (χ2n) is 6.55. The summed E-state index contributed by atoms with van der Waals surface area (Å²) in [5.41, 5.74) is 0. The molecule has 0 radical (unpaired) electrons. The second kappa shape index (κ2) is 12.8. The molecule has 10 nitrogen and oxygen atoms in total. The zero-order chi connectivity index (χ0) is 21.9. The fourth-order valence-electron chi connectivity index (χ4n) is 3.19. The van der Waals surface area contributed by atoms with Crippen molar-refractivity contribution in [2.45, 2.75) is 59.0 Å². The van der Waals surface area contributed by atoms with Crippen molar-refractivity contribution >= 4 is 27.0 Å². The normalized spacial score (nSPS) is 19.9. The Morgan fingerprint density at radius 2 is 1.03 bits per heavy atom. The third kappa shape index (κ3) is 9.73. The average molecular weight is 456 g/mol. The van der Waals surface area contributed by atoms with Crippen molar-refractivity contribution in [3.05, 3.63) is 0 Å². The van der Waals surface area contributed by atoms with Gasteiger partial charge in [-0.05, 0) is 47.0 Å². The maximum atomic E-state index is 12.4. The highest BCUT2D eigenvalue weighted by molar-refractivity contribution is 7.55. The van der Waals surface area contributed by atoms with Gasteiger partial charge in [-0.1, -0.05) is 0 Å². The molecule has 0 aliphatic heterocycles. The van der Waals surface area contributed by atoms with Crippen LogP contribution < -0.4 is 10.6 Å². The topological polar surface area (TPSA) is 129 Å². The Hall–Kier alpha value is -0.760. The predicted octanol–water partition coefficient (Wildman–Crippen LogP) is 2.67. The first-order chi connectivity index (χ1) is 13.7. The first-order valence-electron chi connectivity index (χ1n) is 10.0. The summed E-state index contributed by atoms with van der Waals surface area (Å²) >= 11 is 0. The highest BCUT2D eigenvalue weighted by Crippen LogP contribution is 2.48. The largest absolute Gasteiger partial charge is 0.353 e. The molecule has 2 atom stereocenters. The molecule has 1 saturated carbocycles. The standard InChI is InChI=1S/C17H34N2O8P2/c1-5-24-28(22,25-6-2)12-16(20)18-14-9-10-15(11-14)19-17(21)13-29(23,26-7-3)27-8-4/h14-15H,5-13H2,1-4H3,(H,18,20)(H,19,21)/t14-,15+. The van der Waals surface area contributed by atoms with Gasteiger partial charge in [0, 0.05) is 12.1 Å². The summed E-state index contributed by atoms with van der Waals surface area (Å²) in [6.07, 6.45) is 1.18. The number of nitrogens with one attached hydrogen (secondary N) is 2. The Bertz CT molecular complexity index is 559. The summed E-state index contributed by atoms with van der Waals surface area (Å²) in [6, 6.07) is -0.315. The highest BCUT2D eigenvalue weighted by atomic mass is 31.2. The fourth-order valence-corrected chi connectivity index (χ4v) is 6.16. The molecule has 2 N–H and O–H groups in total. The van der Waals surface area contributed by atoms with E-state index in [4.69, 9.17) is 18.1 Å². The first kappa shape index (κ1) is 26.3. The second-order valence-corrected chi connectivity index (χ2v) is 10.7. The van der Waals surface area contributed by atoms with E-state index in [1.54, 1.807) is 27.7 Å². The van der Waals surface area contributed by atoms with Crippen LogP contribution in [0.25, 0.3) is 0 Å². The molecule has 1 aliphatic rings. The summed E-state index contributed by atoms with van der Waals surface area (Å²) in [5.74, 6) is -0.825. The van der Waals surface area contributed by atoms with Gasteiger partial charge in [-0.3, -0.25) is 18.7 Å². The molecule has 1 fully saturated rings. The van der Waals surface area contributed by atoms with Crippen LogP contribution in [0.5, 0.6) is 0 Å². The number of rotatable bonds is 14. The predicted molar refractivity (Wildman–Crippen MR) is 109 cm³/mol. The summed E-state index contributed by atoms with van der Waals surface area (Å²) in [6.45, 7) is 7.50. The maximum Gasteiger partial charge on any atom is 0.340 e. The number of hydrogen-bond acceptors (Lipinski definition) is 8. The van der Waals surface area contributed by atoms with Crippen molar-refractivity contribution in [3.8, 4) is 0 Å². The van der Waals surface area contributed by atoms with E-state index < -0.39 is 27.0 Å². The molecule has 2 amide bonds. The van der Waals surface area contributed by atoms with E-state index in [1.165, 1.54) is 0 Å². The van der Waals surface area contributed by atoms with Crippen LogP contribution in [0.2, 0.25) is 0 Å². The SMILES string of the molecule is CCOP(=O)(CC(=O)N[C@@H]1CC[C@H](NC(=O)CP(=O)(OCC)OCC)C1)OCC. The van der Waals surface area contributed by atoms with E-state index in [1.807, 2.05) is 0 Å². The lowest BCUT2D eigenvalue weighted by atomic mass is 10.2. The molecule has 0 unspecified atom stereocenters. The van der Waals surface area contributed by atoms with Crippen LogP contribution >= 0.6 is 15.2 Å². The minimum atomic E-state index is -3.45. The van der Waals surface area contributed by atoms with Crippen LogP contribution in [-0.2, 0) is 36.8 Å². The van der Waals surface area contributed by atoms with E-state index in [9.17, 15) is 18.7 Å². The van der Waals surface area contributed by atoms with Crippen molar-refractivity contribution in [2.24, 2.45) is 0 Å². The monoisotopic (exact) mass is 456 g/mol. The molecule has 0 aromatic carbocycles. The molecule has 0 spiro atoms. The van der Waals surface area contributed by atoms with E-state index in [-0.39, 0.29) is 50.8 Å². The van der Waals surface area contributed by atoms with Crippen LogP contribution in [-0.4, -0.2) is 62.6 Å². The van der Waals surface area contributed by atoms with Gasteiger partial charge in [0.1, 0.15) is 12.3 Å². The molecule has 12 heteroatoms. The molecular formula is C17H34N2O8P2. The van der Waals surface area contributed by atoms with E-state index in [2.05, 4.69) is 10.6 Å². The molecule has 29 heavy (non-hydrogen) atoms. The van der Waals surface area contributed by atoms with Gasteiger partial charge in [0.2, 0.25) is 11.8 Å². The lowest BCUT2D eigenvalue weighted by Gasteiger charge is -2.19. The van der Waals surface area contributed by atoms with Crippen LogP contribution in [0.1, 0.15) is 47.0 Å². The lowest BCUT2D eigenvalue weighted by Crippen LogP contribution is -2.39. The number of amides is 2. The minimum absolute atomic E-state index is 0.157. The number of carbonyl (C=O) groups excluding carboxylic acids is 2. The maximum absolute atomic E-state index is 12.4. The van der Waals surface area contributed by atoms with Gasteiger partial charge in [-0.25, -0.2) is 0 Å². The zero-order valence-corrected chi connectivity index (χ0v) is 19.5. The molecular weight excluding hydrogens is 422 g/mol. The Morgan fingerprint density at radius 1 is 0.724 bits per heavy atom. The Morgan fingerprint density at radius 3 is 1.31 bits per heavy atom. The quantitative estimate of drug-likeness (QED) is 0.382. The van der Waals surface area contributed by atoms with E-state index in [0.717, 1.165) is 0 Å². The van der Waals surface area contributed by atoms with Gasteiger partial charge in [-0.2, -0.15) is 0 Å².